The number of pyridine rings is 2. The Morgan fingerprint density at radius 3 is 2.63 bits per heavy atom. The van der Waals surface area contributed by atoms with Gasteiger partial charge in [-0.3, -0.25) is 29.1 Å². The smallest absolute Gasteiger partial charge is 0.280 e. The fourth-order valence-electron chi connectivity index (χ4n) is 6.13. The van der Waals surface area contributed by atoms with Crippen LogP contribution in [0.3, 0.4) is 0 Å². The van der Waals surface area contributed by atoms with E-state index in [0.717, 1.165) is 65.0 Å². The summed E-state index contributed by atoms with van der Waals surface area (Å²) in [6.45, 7) is 10.4. The van der Waals surface area contributed by atoms with E-state index in [2.05, 4.69) is 56.8 Å². The molecule has 0 aliphatic carbocycles. The molecule has 0 bridgehead atoms. The normalized spacial score (nSPS) is 12.9. The second-order valence-corrected chi connectivity index (χ2v) is 15.8. The summed E-state index contributed by atoms with van der Waals surface area (Å²) in [4.78, 5) is 55.2. The van der Waals surface area contributed by atoms with Gasteiger partial charge in [-0.05, 0) is 73.1 Å². The van der Waals surface area contributed by atoms with E-state index in [0.29, 0.717) is 53.0 Å². The molecule has 51 heavy (non-hydrogen) atoms. The van der Waals surface area contributed by atoms with Crippen molar-refractivity contribution in [3.8, 4) is 11.1 Å². The van der Waals surface area contributed by atoms with E-state index in [4.69, 9.17) is 10.7 Å². The number of aromatic nitrogens is 5. The molecule has 1 aliphatic rings. The molecule has 12 nitrogen and oxygen atoms in total. The Hall–Kier alpha value is -4.82. The lowest BCUT2D eigenvalue weighted by atomic mass is 9.94. The molecule has 5 aromatic rings. The first-order chi connectivity index (χ1) is 24.5. The van der Waals surface area contributed by atoms with Gasteiger partial charge in [-0.15, -0.1) is 0 Å². The molecule has 0 atom stereocenters. The Morgan fingerprint density at radius 1 is 1.00 bits per heavy atom. The van der Waals surface area contributed by atoms with Crippen molar-refractivity contribution in [2.24, 2.45) is 11.1 Å². The molecular formula is C37H43N9O3S2. The number of thiazole rings is 1. The van der Waals surface area contributed by atoms with Crippen LogP contribution in [0.5, 0.6) is 0 Å². The first-order valence-electron chi connectivity index (χ1n) is 17.1. The molecule has 0 saturated carbocycles. The summed E-state index contributed by atoms with van der Waals surface area (Å²) >= 11 is 2.67. The summed E-state index contributed by atoms with van der Waals surface area (Å²) in [5, 5.41) is 8.13. The van der Waals surface area contributed by atoms with Crippen LogP contribution in [0.2, 0.25) is 0 Å². The topological polar surface area (TPSA) is 161 Å². The fourth-order valence-corrected chi connectivity index (χ4v) is 7.61. The Bertz CT molecular complexity index is 2030. The standard InChI is InChI=1S/C37H43N9O3S2/c1-23-27(20-40-46(23)22-37(2,3)4)25-14-15-31(42-32(25)34(49)44-50-19-7-5-6-13-30(38)47)45-18-16-24-10-8-11-26(28(24)21-45)33(48)43-36-41-29-12-9-17-39-35(29)51-36/h8-12,14-15,17,20H,5-7,13,16,18-19,21-22H2,1-4H3,(H2,38,47)(H,44,49)(H,41,43,48). The monoisotopic (exact) mass is 725 g/mol. The third kappa shape index (κ3) is 8.74. The average molecular weight is 726 g/mol. The summed E-state index contributed by atoms with van der Waals surface area (Å²) in [5.41, 5.74) is 11.5. The number of nitrogens with two attached hydrogens (primary N) is 1. The molecule has 3 amide bonds. The molecule has 0 radical (unpaired) electrons. The minimum atomic E-state index is -0.297. The minimum Gasteiger partial charge on any atom is -0.370 e. The number of carbonyl (C=O) groups excluding carboxylic acids is 3. The Labute approximate surface area is 305 Å². The fraction of sp³-hybridized carbons (Fsp3) is 0.378. The summed E-state index contributed by atoms with van der Waals surface area (Å²) < 4.78 is 4.97. The highest BCUT2D eigenvalue weighted by Gasteiger charge is 2.26. The van der Waals surface area contributed by atoms with E-state index in [1.54, 1.807) is 6.20 Å². The molecule has 0 unspecified atom stereocenters. The third-order valence-electron chi connectivity index (χ3n) is 8.68. The van der Waals surface area contributed by atoms with Gasteiger partial charge in [-0.25, -0.2) is 15.0 Å². The maximum atomic E-state index is 13.8. The van der Waals surface area contributed by atoms with Crippen LogP contribution in [0.4, 0.5) is 10.9 Å². The lowest BCUT2D eigenvalue weighted by Gasteiger charge is -2.31. The van der Waals surface area contributed by atoms with Crippen LogP contribution < -0.4 is 20.7 Å². The van der Waals surface area contributed by atoms with Gasteiger partial charge in [-0.2, -0.15) is 5.10 Å². The summed E-state index contributed by atoms with van der Waals surface area (Å²) in [7, 11) is 0. The number of hydrogen-bond acceptors (Lipinski definition) is 10. The number of primary amides is 1. The zero-order valence-electron chi connectivity index (χ0n) is 29.4. The summed E-state index contributed by atoms with van der Waals surface area (Å²) in [6.07, 6.45) is 7.04. The first kappa shape index (κ1) is 36.0. The van der Waals surface area contributed by atoms with E-state index in [1.807, 2.05) is 54.2 Å². The van der Waals surface area contributed by atoms with E-state index in [-0.39, 0.29) is 23.1 Å². The van der Waals surface area contributed by atoms with Gasteiger partial charge in [-0.1, -0.05) is 62.6 Å². The highest BCUT2D eigenvalue weighted by Crippen LogP contribution is 2.33. The lowest BCUT2D eigenvalue weighted by molar-refractivity contribution is -0.118. The number of rotatable bonds is 13. The second-order valence-electron chi connectivity index (χ2n) is 13.9. The summed E-state index contributed by atoms with van der Waals surface area (Å²) in [6, 6.07) is 13.4. The number of hydrogen-bond donors (Lipinski definition) is 3. The predicted molar refractivity (Wildman–Crippen MR) is 204 cm³/mol. The predicted octanol–water partition coefficient (Wildman–Crippen LogP) is 6.54. The van der Waals surface area contributed by atoms with Gasteiger partial charge >= 0.3 is 0 Å². The second kappa shape index (κ2) is 15.6. The van der Waals surface area contributed by atoms with E-state index < -0.39 is 0 Å². The Kier molecular flexibility index (Phi) is 11.0. The van der Waals surface area contributed by atoms with Crippen molar-refractivity contribution in [3.05, 3.63) is 82.9 Å². The quantitative estimate of drug-likeness (QED) is 0.0904. The van der Waals surface area contributed by atoms with Gasteiger partial charge in [0, 0.05) is 60.4 Å². The summed E-state index contributed by atoms with van der Waals surface area (Å²) in [5.74, 6) is 0.529. The Balaban J connectivity index is 1.24. The molecule has 0 spiro atoms. The van der Waals surface area contributed by atoms with Crippen molar-refractivity contribution in [2.75, 3.05) is 22.5 Å². The van der Waals surface area contributed by atoms with Crippen molar-refractivity contribution in [3.63, 3.8) is 0 Å². The zero-order valence-corrected chi connectivity index (χ0v) is 31.0. The number of nitrogens with one attached hydrogen (secondary N) is 2. The minimum absolute atomic E-state index is 0.0242. The van der Waals surface area contributed by atoms with E-state index >= 15 is 0 Å². The molecule has 0 fully saturated rings. The van der Waals surface area contributed by atoms with Crippen molar-refractivity contribution in [1.82, 2.24) is 29.5 Å². The molecule has 0 saturated heterocycles. The van der Waals surface area contributed by atoms with Crippen LogP contribution >= 0.6 is 23.3 Å². The van der Waals surface area contributed by atoms with Gasteiger partial charge in [0.1, 0.15) is 21.9 Å². The number of carbonyl (C=O) groups is 3. The first-order valence-corrected chi connectivity index (χ1v) is 18.9. The van der Waals surface area contributed by atoms with Gasteiger partial charge in [0.15, 0.2) is 5.13 Å². The van der Waals surface area contributed by atoms with Crippen LogP contribution in [0.1, 0.15) is 84.1 Å². The number of unbranched alkanes of at least 4 members (excludes halogenated alkanes) is 2. The number of nitrogens with zero attached hydrogens (tertiary/aromatic N) is 6. The van der Waals surface area contributed by atoms with Gasteiger partial charge in [0.25, 0.3) is 11.8 Å². The molecule has 6 rings (SSSR count). The van der Waals surface area contributed by atoms with Crippen LogP contribution in [0.15, 0.2) is 54.9 Å². The van der Waals surface area contributed by atoms with Gasteiger partial charge in [0.2, 0.25) is 5.91 Å². The SMILES string of the molecule is Cc1c(-c2ccc(N3CCc4cccc(C(=O)Nc5nc6cccnc6s5)c4C3)nc2C(=O)NSCCCCCC(N)=O)cnn1CC(C)(C)C. The van der Waals surface area contributed by atoms with Crippen molar-refractivity contribution >= 4 is 62.3 Å². The number of anilines is 2. The zero-order chi connectivity index (χ0) is 36.1. The molecule has 1 aliphatic heterocycles. The van der Waals surface area contributed by atoms with E-state index in [9.17, 15) is 14.4 Å². The lowest BCUT2D eigenvalue weighted by Crippen LogP contribution is -2.33. The van der Waals surface area contributed by atoms with Crippen LogP contribution in [-0.2, 0) is 24.3 Å². The van der Waals surface area contributed by atoms with Crippen LogP contribution in [0.25, 0.3) is 21.5 Å². The average Bonchev–Trinajstić information content (AvgIpc) is 3.67. The van der Waals surface area contributed by atoms with Crippen LogP contribution in [0, 0.1) is 12.3 Å². The van der Waals surface area contributed by atoms with Gasteiger partial charge in [0.05, 0.1) is 6.20 Å². The number of fused-ring (bicyclic) bond motifs is 2. The highest BCUT2D eigenvalue weighted by atomic mass is 32.2. The molecule has 4 N–H and O–H groups in total. The van der Waals surface area contributed by atoms with Crippen molar-refractivity contribution < 1.29 is 14.4 Å². The van der Waals surface area contributed by atoms with Gasteiger partial charge < -0.3 is 10.6 Å². The van der Waals surface area contributed by atoms with Crippen molar-refractivity contribution in [1.29, 1.82) is 0 Å². The molecular weight excluding hydrogens is 683 g/mol. The molecule has 14 heteroatoms. The molecule has 4 aromatic heterocycles. The number of benzene rings is 1. The molecule has 5 heterocycles. The molecule has 266 valence electrons. The molecule has 1 aromatic carbocycles. The maximum Gasteiger partial charge on any atom is 0.280 e. The largest absolute Gasteiger partial charge is 0.370 e. The number of amides is 3. The van der Waals surface area contributed by atoms with Crippen molar-refractivity contribution in [2.45, 2.75) is 72.9 Å². The maximum absolute atomic E-state index is 13.8. The van der Waals surface area contributed by atoms with Crippen LogP contribution in [-0.4, -0.2) is 54.8 Å². The van der Waals surface area contributed by atoms with E-state index in [1.165, 1.54) is 23.3 Å². The third-order valence-corrected chi connectivity index (χ3v) is 10.4. The Morgan fingerprint density at radius 2 is 1.84 bits per heavy atom. The highest BCUT2D eigenvalue weighted by molar-refractivity contribution is 7.97.